The first-order valence-corrected chi connectivity index (χ1v) is 7.43. The number of nitrogens with two attached hydrogens (primary N) is 1. The van der Waals surface area contributed by atoms with Gasteiger partial charge in [0.2, 0.25) is 0 Å². The minimum absolute atomic E-state index is 0.129. The molecule has 0 aromatic heterocycles. The van der Waals surface area contributed by atoms with E-state index >= 15 is 0 Å². The number of hydrogen-bond acceptors (Lipinski definition) is 4. The number of hydrogen-bond donors (Lipinski definition) is 2. The number of fused-ring (bicyclic) bond motifs is 2. The van der Waals surface area contributed by atoms with E-state index in [0.29, 0.717) is 38.0 Å². The van der Waals surface area contributed by atoms with Crippen molar-refractivity contribution in [1.29, 1.82) is 0 Å². The molecule has 1 aliphatic heterocycles. The van der Waals surface area contributed by atoms with Crippen molar-refractivity contribution in [2.45, 2.75) is 44.6 Å². The Morgan fingerprint density at radius 2 is 2.05 bits per heavy atom. The van der Waals surface area contributed by atoms with E-state index in [0.717, 1.165) is 25.7 Å². The van der Waals surface area contributed by atoms with Crippen LogP contribution in [0.15, 0.2) is 0 Å². The summed E-state index contributed by atoms with van der Waals surface area (Å²) in [5.74, 6) is 0.606. The molecule has 3 N–H and O–H groups in total. The molecule has 2 atom stereocenters. The molecule has 1 amide bonds. The molecule has 1 saturated heterocycles. The molecule has 110 valence electrons. The zero-order chi connectivity index (χ0) is 13.9. The molecule has 0 spiro atoms. The maximum absolute atomic E-state index is 12.0. The molecular weight excluding hydrogens is 244 g/mol. The van der Waals surface area contributed by atoms with E-state index in [1.807, 2.05) is 0 Å². The largest absolute Gasteiger partial charge is 0.449 e. The average molecular weight is 270 g/mol. The molecule has 0 aromatic carbocycles. The number of nitrogens with zero attached hydrogens (tertiary/aromatic N) is 1. The second kappa shape index (κ2) is 6.09. The van der Waals surface area contributed by atoms with Gasteiger partial charge in [-0.2, -0.15) is 0 Å². The van der Waals surface area contributed by atoms with E-state index in [1.165, 1.54) is 0 Å². The fourth-order valence-corrected chi connectivity index (χ4v) is 3.55. The second-order valence-corrected chi connectivity index (χ2v) is 5.93. The summed E-state index contributed by atoms with van der Waals surface area (Å²) < 4.78 is 5.27. The highest BCUT2D eigenvalue weighted by atomic mass is 16.6. The Labute approximate surface area is 115 Å². The number of piperidine rings is 1. The van der Waals surface area contributed by atoms with Crippen molar-refractivity contribution in [2.24, 2.45) is 17.6 Å². The van der Waals surface area contributed by atoms with Gasteiger partial charge in [0.05, 0.1) is 6.61 Å². The van der Waals surface area contributed by atoms with Crippen LogP contribution in [-0.4, -0.2) is 47.9 Å². The molecule has 5 nitrogen and oxygen atoms in total. The van der Waals surface area contributed by atoms with Crippen molar-refractivity contribution in [3.63, 3.8) is 0 Å². The molecule has 0 aromatic rings. The van der Waals surface area contributed by atoms with Crippen molar-refractivity contribution in [3.05, 3.63) is 0 Å². The Balaban J connectivity index is 1.91. The van der Waals surface area contributed by atoms with Crippen LogP contribution in [-0.2, 0) is 4.74 Å². The summed E-state index contributed by atoms with van der Waals surface area (Å²) in [6.45, 7) is 4.07. The number of carbonyl (C=O) groups excluding carboxylic acids is 1. The van der Waals surface area contributed by atoms with E-state index in [2.05, 4.69) is 6.92 Å². The molecule has 0 radical (unpaired) electrons. The third-order valence-electron chi connectivity index (χ3n) is 4.79. The number of unbranched alkanes of at least 4 members (excludes halogenated alkanes) is 1. The van der Waals surface area contributed by atoms with Crippen molar-refractivity contribution >= 4 is 6.09 Å². The number of aliphatic hydroxyl groups excluding tert-OH is 1. The van der Waals surface area contributed by atoms with Crippen LogP contribution in [0.1, 0.15) is 39.0 Å². The summed E-state index contributed by atoms with van der Waals surface area (Å²) in [6.07, 6.45) is 4.50. The van der Waals surface area contributed by atoms with Crippen molar-refractivity contribution in [2.75, 3.05) is 26.3 Å². The van der Waals surface area contributed by atoms with Gasteiger partial charge in [-0.05, 0) is 37.5 Å². The zero-order valence-electron chi connectivity index (χ0n) is 11.8. The summed E-state index contributed by atoms with van der Waals surface area (Å²) >= 11 is 0. The van der Waals surface area contributed by atoms with Gasteiger partial charge >= 0.3 is 6.09 Å². The first kappa shape index (κ1) is 14.6. The number of ether oxygens (including phenoxy) is 1. The standard InChI is InChI=1S/C14H26N2O3/c1-2-3-8-19-13(18)16-9-11-4-5-12(10-16)14(11,15)6-7-17/h11-12,17H,2-10,15H2,1H3. The first-order chi connectivity index (χ1) is 9.11. The number of aliphatic hydroxyl groups is 1. The Bertz CT molecular complexity index is 308. The van der Waals surface area contributed by atoms with Crippen molar-refractivity contribution < 1.29 is 14.6 Å². The van der Waals surface area contributed by atoms with Gasteiger partial charge < -0.3 is 20.5 Å². The second-order valence-electron chi connectivity index (χ2n) is 5.93. The molecule has 19 heavy (non-hydrogen) atoms. The lowest BCUT2D eigenvalue weighted by atomic mass is 9.76. The van der Waals surface area contributed by atoms with E-state index in [1.54, 1.807) is 4.90 Å². The Morgan fingerprint density at radius 1 is 1.42 bits per heavy atom. The van der Waals surface area contributed by atoms with Gasteiger partial charge in [-0.15, -0.1) is 0 Å². The van der Waals surface area contributed by atoms with Crippen LogP contribution < -0.4 is 5.73 Å². The lowest BCUT2D eigenvalue weighted by Gasteiger charge is -2.45. The molecule has 1 aliphatic carbocycles. The lowest BCUT2D eigenvalue weighted by Crippen LogP contribution is -2.60. The van der Waals surface area contributed by atoms with Crippen molar-refractivity contribution in [1.82, 2.24) is 4.90 Å². The van der Waals surface area contributed by atoms with Crippen LogP contribution in [0.4, 0.5) is 4.79 Å². The fraction of sp³-hybridized carbons (Fsp3) is 0.929. The Morgan fingerprint density at radius 3 is 2.58 bits per heavy atom. The van der Waals surface area contributed by atoms with Gasteiger partial charge in [0.25, 0.3) is 0 Å². The van der Waals surface area contributed by atoms with E-state index in [9.17, 15) is 9.90 Å². The monoisotopic (exact) mass is 270 g/mol. The van der Waals surface area contributed by atoms with E-state index in [-0.39, 0.29) is 18.2 Å². The summed E-state index contributed by atoms with van der Waals surface area (Å²) in [5.41, 5.74) is 6.18. The molecule has 2 rings (SSSR count). The fourth-order valence-electron chi connectivity index (χ4n) is 3.55. The minimum Gasteiger partial charge on any atom is -0.449 e. The van der Waals surface area contributed by atoms with Crippen LogP contribution in [0, 0.1) is 11.8 Å². The van der Waals surface area contributed by atoms with E-state index < -0.39 is 0 Å². The topological polar surface area (TPSA) is 75.8 Å². The molecular formula is C14H26N2O3. The zero-order valence-corrected chi connectivity index (χ0v) is 11.8. The molecule has 2 bridgehead atoms. The summed E-state index contributed by atoms with van der Waals surface area (Å²) in [4.78, 5) is 13.8. The third-order valence-corrected chi connectivity index (χ3v) is 4.79. The summed E-state index contributed by atoms with van der Waals surface area (Å²) in [7, 11) is 0. The predicted molar refractivity (Wildman–Crippen MR) is 72.7 cm³/mol. The van der Waals surface area contributed by atoms with Crippen LogP contribution in [0.2, 0.25) is 0 Å². The smallest absolute Gasteiger partial charge is 0.409 e. The van der Waals surface area contributed by atoms with Crippen LogP contribution in [0.3, 0.4) is 0 Å². The number of carbonyl (C=O) groups is 1. The highest BCUT2D eigenvalue weighted by Gasteiger charge is 2.51. The maximum Gasteiger partial charge on any atom is 0.409 e. The SMILES string of the molecule is CCCCOC(=O)N1CC2CCC(C1)C2(N)CCO. The van der Waals surface area contributed by atoms with Crippen LogP contribution >= 0.6 is 0 Å². The normalized spacial score (nSPS) is 33.5. The van der Waals surface area contributed by atoms with E-state index in [4.69, 9.17) is 10.5 Å². The van der Waals surface area contributed by atoms with Gasteiger partial charge in [-0.1, -0.05) is 13.3 Å². The van der Waals surface area contributed by atoms with Crippen molar-refractivity contribution in [3.8, 4) is 0 Å². The predicted octanol–water partition coefficient (Wildman–Crippen LogP) is 1.34. The Kier molecular flexibility index (Phi) is 4.68. The number of amides is 1. The first-order valence-electron chi connectivity index (χ1n) is 7.43. The molecule has 2 unspecified atom stereocenters. The Hall–Kier alpha value is -0.810. The van der Waals surface area contributed by atoms with Gasteiger partial charge in [0.1, 0.15) is 0 Å². The maximum atomic E-state index is 12.0. The quantitative estimate of drug-likeness (QED) is 0.739. The minimum atomic E-state index is -0.283. The third kappa shape index (κ3) is 2.87. The van der Waals surface area contributed by atoms with Gasteiger partial charge in [0, 0.05) is 25.2 Å². The molecule has 1 heterocycles. The summed E-state index contributed by atoms with van der Waals surface area (Å²) in [6, 6.07) is 0. The van der Waals surface area contributed by atoms with Gasteiger partial charge in [-0.3, -0.25) is 0 Å². The van der Waals surface area contributed by atoms with Gasteiger partial charge in [-0.25, -0.2) is 4.79 Å². The number of likely N-dealkylation sites (tertiary alicyclic amines) is 1. The van der Waals surface area contributed by atoms with Gasteiger partial charge in [0.15, 0.2) is 0 Å². The summed E-state index contributed by atoms with van der Waals surface area (Å²) in [5, 5.41) is 9.18. The average Bonchev–Trinajstić information content (AvgIpc) is 2.57. The highest BCUT2D eigenvalue weighted by molar-refractivity contribution is 5.68. The molecule has 2 aliphatic rings. The molecule has 1 saturated carbocycles. The highest BCUT2D eigenvalue weighted by Crippen LogP contribution is 2.45. The molecule has 5 heteroatoms. The number of rotatable bonds is 5. The molecule has 2 fully saturated rings. The van der Waals surface area contributed by atoms with Crippen LogP contribution in [0.5, 0.6) is 0 Å². The van der Waals surface area contributed by atoms with Crippen LogP contribution in [0.25, 0.3) is 0 Å². The lowest BCUT2D eigenvalue weighted by molar-refractivity contribution is 0.0443.